The Bertz CT molecular complexity index is 807. The Kier molecular flexibility index (Phi) is 5.81. The molecule has 0 saturated carbocycles. The number of aliphatic imine (C=N–C) groups is 1. The van der Waals surface area contributed by atoms with E-state index in [9.17, 15) is 8.42 Å². The van der Waals surface area contributed by atoms with Gasteiger partial charge < -0.3 is 4.42 Å². The third-order valence-electron chi connectivity index (χ3n) is 2.75. The molecule has 0 saturated heterocycles. The molecule has 1 aromatic carbocycles. The number of furan rings is 1. The fourth-order valence-electron chi connectivity index (χ4n) is 1.65. The van der Waals surface area contributed by atoms with Gasteiger partial charge in [-0.15, -0.1) is 0 Å². The van der Waals surface area contributed by atoms with E-state index in [1.54, 1.807) is 36.7 Å². The highest BCUT2D eigenvalue weighted by Crippen LogP contribution is 2.18. The van der Waals surface area contributed by atoms with Crippen LogP contribution in [0.2, 0.25) is 0 Å². The highest BCUT2D eigenvalue weighted by atomic mass is 32.2. The van der Waals surface area contributed by atoms with E-state index < -0.39 is 10.0 Å². The van der Waals surface area contributed by atoms with Crippen LogP contribution in [0.4, 0.5) is 5.69 Å². The number of hydrogen-bond donors (Lipinski definition) is 2. The summed E-state index contributed by atoms with van der Waals surface area (Å²) in [5, 5.41) is 11.5. The quantitative estimate of drug-likeness (QED) is 0.370. The average molecular weight is 350 g/mol. The second kappa shape index (κ2) is 7.82. The Morgan fingerprint density at radius 2 is 2.09 bits per heavy atom. The van der Waals surface area contributed by atoms with Crippen LogP contribution in [0.25, 0.3) is 0 Å². The lowest BCUT2D eigenvalue weighted by Crippen LogP contribution is -2.22. The largest absolute Gasteiger partial charge is 0.468 e. The van der Waals surface area contributed by atoms with Crippen molar-refractivity contribution in [2.75, 3.05) is 6.26 Å². The molecule has 0 aliphatic rings. The topological polar surface area (TPSA) is 107 Å². The van der Waals surface area contributed by atoms with Gasteiger partial charge in [0.1, 0.15) is 5.76 Å². The third kappa shape index (κ3) is 4.85. The molecule has 2 aromatic rings. The molecule has 0 aliphatic carbocycles. The normalized spacial score (nSPS) is 11.9. The number of hydrogen-bond acceptors (Lipinski definition) is 6. The van der Waals surface area contributed by atoms with Gasteiger partial charge >= 0.3 is 0 Å². The lowest BCUT2D eigenvalue weighted by Gasteiger charge is -2.06. The molecule has 1 aromatic heterocycles. The van der Waals surface area contributed by atoms with Gasteiger partial charge in [0.05, 0.1) is 23.4 Å². The molecule has 23 heavy (non-hydrogen) atoms. The molecule has 0 bridgehead atoms. The lowest BCUT2D eigenvalue weighted by atomic mass is 10.3. The van der Waals surface area contributed by atoms with Crippen LogP contribution in [0.1, 0.15) is 5.76 Å². The fourth-order valence-corrected chi connectivity index (χ4v) is 2.99. The number of sulfonamides is 1. The maximum absolute atomic E-state index is 12.2. The Labute approximate surface area is 138 Å². The molecule has 0 amide bonds. The molecule has 0 radical (unpaired) electrons. The molecule has 0 fully saturated rings. The summed E-state index contributed by atoms with van der Waals surface area (Å²) in [7, 11) is -3.63. The number of rotatable bonds is 5. The molecular weight excluding hydrogens is 336 g/mol. The Morgan fingerprint density at radius 1 is 1.35 bits per heavy atom. The van der Waals surface area contributed by atoms with Gasteiger partial charge in [0.15, 0.2) is 11.4 Å². The maximum Gasteiger partial charge on any atom is 0.240 e. The van der Waals surface area contributed by atoms with Crippen molar-refractivity contribution in [3.05, 3.63) is 48.4 Å². The first kappa shape index (κ1) is 17.1. The first-order chi connectivity index (χ1) is 11.0. The number of nitriles is 1. The summed E-state index contributed by atoms with van der Waals surface area (Å²) in [5.41, 5.74) is 0.544. The second-order valence-electron chi connectivity index (χ2n) is 4.26. The van der Waals surface area contributed by atoms with Crippen molar-refractivity contribution in [3.8, 4) is 6.19 Å². The SMILES string of the molecule is CSC(=Nc1ccc(S(=O)(=O)NCc2ccco2)cc1)NC#N. The Balaban J connectivity index is 2.10. The van der Waals surface area contributed by atoms with Crippen LogP contribution in [0.5, 0.6) is 0 Å². The van der Waals surface area contributed by atoms with Crippen LogP contribution in [0.3, 0.4) is 0 Å². The maximum atomic E-state index is 12.2. The molecule has 7 nitrogen and oxygen atoms in total. The van der Waals surface area contributed by atoms with Gasteiger partial charge in [-0.1, -0.05) is 11.8 Å². The molecule has 0 spiro atoms. The van der Waals surface area contributed by atoms with Gasteiger partial charge in [-0.2, -0.15) is 5.26 Å². The van der Waals surface area contributed by atoms with Gasteiger partial charge in [-0.05, 0) is 42.7 Å². The van der Waals surface area contributed by atoms with E-state index in [-0.39, 0.29) is 11.4 Å². The highest BCUT2D eigenvalue weighted by Gasteiger charge is 2.14. The second-order valence-corrected chi connectivity index (χ2v) is 6.82. The van der Waals surface area contributed by atoms with Crippen molar-refractivity contribution in [2.24, 2.45) is 4.99 Å². The van der Waals surface area contributed by atoms with Crippen LogP contribution >= 0.6 is 11.8 Å². The molecule has 2 rings (SSSR count). The molecule has 0 unspecified atom stereocenters. The smallest absolute Gasteiger partial charge is 0.240 e. The number of nitrogens with one attached hydrogen (secondary N) is 2. The predicted octanol–water partition coefficient (Wildman–Crippen LogP) is 2.18. The van der Waals surface area contributed by atoms with E-state index in [4.69, 9.17) is 9.68 Å². The number of amidine groups is 1. The number of thioether (sulfide) groups is 1. The Morgan fingerprint density at radius 3 is 2.65 bits per heavy atom. The first-order valence-corrected chi connectivity index (χ1v) is 9.16. The number of nitrogens with zero attached hydrogens (tertiary/aromatic N) is 2. The third-order valence-corrected chi connectivity index (χ3v) is 4.75. The highest BCUT2D eigenvalue weighted by molar-refractivity contribution is 8.13. The zero-order valence-electron chi connectivity index (χ0n) is 12.2. The Hall–Kier alpha value is -2.28. The van der Waals surface area contributed by atoms with Crippen molar-refractivity contribution in [1.82, 2.24) is 10.0 Å². The van der Waals surface area contributed by atoms with Crippen molar-refractivity contribution in [2.45, 2.75) is 11.4 Å². The summed E-state index contributed by atoms with van der Waals surface area (Å²) in [4.78, 5) is 4.32. The molecule has 2 N–H and O–H groups in total. The zero-order chi connectivity index (χ0) is 16.7. The summed E-state index contributed by atoms with van der Waals surface area (Å²) >= 11 is 1.28. The minimum absolute atomic E-state index is 0.0813. The summed E-state index contributed by atoms with van der Waals surface area (Å²) in [6.45, 7) is 0.0813. The van der Waals surface area contributed by atoms with Gasteiger partial charge in [0, 0.05) is 0 Å². The summed E-state index contributed by atoms with van der Waals surface area (Å²) in [5.74, 6) is 0.530. The molecule has 1 heterocycles. The van der Waals surface area contributed by atoms with Crippen LogP contribution < -0.4 is 10.0 Å². The van der Waals surface area contributed by atoms with Crippen LogP contribution in [-0.2, 0) is 16.6 Å². The van der Waals surface area contributed by atoms with Gasteiger partial charge in [-0.25, -0.2) is 18.1 Å². The zero-order valence-corrected chi connectivity index (χ0v) is 13.8. The van der Waals surface area contributed by atoms with Crippen molar-refractivity contribution in [1.29, 1.82) is 5.26 Å². The minimum atomic E-state index is -3.63. The van der Waals surface area contributed by atoms with E-state index in [0.29, 0.717) is 16.6 Å². The monoisotopic (exact) mass is 350 g/mol. The molecular formula is C14H14N4O3S2. The van der Waals surface area contributed by atoms with Gasteiger partial charge in [0.25, 0.3) is 0 Å². The van der Waals surface area contributed by atoms with Crippen LogP contribution in [0.15, 0.2) is 57.0 Å². The lowest BCUT2D eigenvalue weighted by molar-refractivity contribution is 0.498. The van der Waals surface area contributed by atoms with E-state index in [0.717, 1.165) is 0 Å². The summed E-state index contributed by atoms with van der Waals surface area (Å²) < 4.78 is 31.9. The molecule has 9 heteroatoms. The standard InChI is InChI=1S/C14H14N4O3S2/c1-22-14(16-10-15)18-11-4-6-13(7-5-11)23(19,20)17-9-12-3-2-8-21-12/h2-8,17H,9H2,1H3,(H,16,18). The van der Waals surface area contributed by atoms with E-state index in [2.05, 4.69) is 15.0 Å². The van der Waals surface area contributed by atoms with Crippen molar-refractivity contribution in [3.63, 3.8) is 0 Å². The van der Waals surface area contributed by atoms with E-state index in [1.165, 1.54) is 30.2 Å². The van der Waals surface area contributed by atoms with Crippen molar-refractivity contribution < 1.29 is 12.8 Å². The summed E-state index contributed by atoms with van der Waals surface area (Å²) in [6.07, 6.45) is 5.05. The van der Waals surface area contributed by atoms with Crippen LogP contribution in [-0.4, -0.2) is 19.8 Å². The molecule has 0 atom stereocenters. The van der Waals surface area contributed by atoms with Crippen LogP contribution in [0, 0.1) is 11.5 Å². The van der Waals surface area contributed by atoms with Crippen molar-refractivity contribution >= 4 is 32.6 Å². The van der Waals surface area contributed by atoms with E-state index in [1.807, 2.05) is 0 Å². The first-order valence-electron chi connectivity index (χ1n) is 6.45. The molecule has 0 aliphatic heterocycles. The fraction of sp³-hybridized carbons (Fsp3) is 0.143. The predicted molar refractivity (Wildman–Crippen MR) is 88.5 cm³/mol. The number of benzene rings is 1. The minimum Gasteiger partial charge on any atom is -0.468 e. The summed E-state index contributed by atoms with van der Waals surface area (Å²) in [6, 6.07) is 9.41. The molecule has 120 valence electrons. The van der Waals surface area contributed by atoms with E-state index >= 15 is 0 Å². The van der Waals surface area contributed by atoms with Gasteiger partial charge in [0.2, 0.25) is 10.0 Å². The van der Waals surface area contributed by atoms with Gasteiger partial charge in [-0.3, -0.25) is 5.32 Å². The average Bonchev–Trinajstić information content (AvgIpc) is 3.07.